The zero-order valence-corrected chi connectivity index (χ0v) is 19.1. The van der Waals surface area contributed by atoms with Gasteiger partial charge in [0, 0.05) is 5.56 Å². The Balaban J connectivity index is 1.89. The molecule has 1 aliphatic rings. The van der Waals surface area contributed by atoms with Crippen LogP contribution in [0.25, 0.3) is 6.08 Å². The molecular formula is C22H17BCl3F3N2O. The summed E-state index contributed by atoms with van der Waals surface area (Å²) in [6.07, 6.45) is -1.02. The fourth-order valence-corrected chi connectivity index (χ4v) is 3.89. The zero-order chi connectivity index (χ0) is 23.7. The number of nitriles is 1. The van der Waals surface area contributed by atoms with Crippen LogP contribution in [-0.2, 0) is 0 Å². The van der Waals surface area contributed by atoms with Crippen molar-refractivity contribution in [2.24, 2.45) is 0 Å². The summed E-state index contributed by atoms with van der Waals surface area (Å²) in [7, 11) is 0.495. The van der Waals surface area contributed by atoms with Crippen molar-refractivity contribution in [3.8, 4) is 6.07 Å². The fourth-order valence-electron chi connectivity index (χ4n) is 3.28. The van der Waals surface area contributed by atoms with E-state index in [1.54, 1.807) is 18.2 Å². The van der Waals surface area contributed by atoms with E-state index in [1.165, 1.54) is 6.08 Å². The van der Waals surface area contributed by atoms with Crippen molar-refractivity contribution >= 4 is 59.5 Å². The number of halogens is 6. The van der Waals surface area contributed by atoms with Crippen LogP contribution in [0.2, 0.25) is 21.9 Å². The molecule has 2 aromatic carbocycles. The summed E-state index contributed by atoms with van der Waals surface area (Å²) < 4.78 is 41.2. The normalized spacial score (nSPS) is 15.8. The van der Waals surface area contributed by atoms with E-state index in [2.05, 4.69) is 11.4 Å². The second-order valence-corrected chi connectivity index (χ2v) is 8.79. The quantitative estimate of drug-likeness (QED) is 0.397. The minimum absolute atomic E-state index is 0.00665. The second kappa shape index (κ2) is 9.39. The summed E-state index contributed by atoms with van der Waals surface area (Å²) in [6, 6.07) is 9.16. The van der Waals surface area contributed by atoms with Crippen molar-refractivity contribution in [2.45, 2.75) is 37.3 Å². The lowest BCUT2D eigenvalue weighted by Crippen LogP contribution is -2.38. The van der Waals surface area contributed by atoms with Crippen LogP contribution >= 0.6 is 34.8 Å². The van der Waals surface area contributed by atoms with E-state index < -0.39 is 17.6 Å². The molecule has 0 saturated heterocycles. The van der Waals surface area contributed by atoms with Gasteiger partial charge in [0.25, 0.3) is 5.91 Å². The van der Waals surface area contributed by atoms with Crippen LogP contribution in [0.5, 0.6) is 0 Å². The monoisotopic (exact) mass is 498 g/mol. The molecule has 1 unspecified atom stereocenters. The second-order valence-electron chi connectivity index (χ2n) is 7.60. The number of nitrogens with zero attached hydrogens (tertiary/aromatic N) is 1. The molecule has 3 rings (SSSR count). The molecule has 0 bridgehead atoms. The number of hydrogen-bond acceptors (Lipinski definition) is 2. The summed E-state index contributed by atoms with van der Waals surface area (Å²) in [5.74, 6) is -2.32. The molecule has 1 atom stereocenters. The maximum atomic E-state index is 13.7. The minimum Gasteiger partial charge on any atom is -0.334 e. The maximum absolute atomic E-state index is 13.7. The van der Waals surface area contributed by atoms with Crippen LogP contribution in [-0.4, -0.2) is 24.9 Å². The summed E-state index contributed by atoms with van der Waals surface area (Å²) >= 11 is 17.7. The van der Waals surface area contributed by atoms with E-state index in [1.807, 2.05) is 6.82 Å². The lowest BCUT2D eigenvalue weighted by atomic mass is 9.70. The average molecular weight is 500 g/mol. The molecular weight excluding hydrogens is 482 g/mol. The Morgan fingerprint density at radius 2 is 1.84 bits per heavy atom. The maximum Gasteiger partial charge on any atom is 0.399 e. The molecule has 0 radical (unpaired) electrons. The van der Waals surface area contributed by atoms with Gasteiger partial charge in [-0.05, 0) is 42.2 Å². The van der Waals surface area contributed by atoms with Gasteiger partial charge >= 0.3 is 6.18 Å². The average Bonchev–Trinajstić information content (AvgIpc) is 3.50. The number of alkyl halides is 3. The Morgan fingerprint density at radius 3 is 2.34 bits per heavy atom. The molecule has 0 aliphatic heterocycles. The first-order valence-corrected chi connectivity index (χ1v) is 10.9. The lowest BCUT2D eigenvalue weighted by Gasteiger charge is -2.18. The number of carbonyl (C=O) groups excluding carboxylic acids is 1. The topological polar surface area (TPSA) is 52.9 Å². The number of benzene rings is 2. The number of allylic oxidation sites excluding steroid dienone is 1. The fraction of sp³-hybridized carbons (Fsp3) is 0.273. The van der Waals surface area contributed by atoms with Gasteiger partial charge in [-0.25, -0.2) is 0 Å². The predicted molar refractivity (Wildman–Crippen MR) is 123 cm³/mol. The van der Waals surface area contributed by atoms with Gasteiger partial charge in [-0.1, -0.05) is 71.4 Å². The predicted octanol–water partition coefficient (Wildman–Crippen LogP) is 5.90. The third kappa shape index (κ3) is 5.43. The van der Waals surface area contributed by atoms with Gasteiger partial charge in [0.15, 0.2) is 7.28 Å². The van der Waals surface area contributed by atoms with Crippen LogP contribution in [0.15, 0.2) is 36.4 Å². The van der Waals surface area contributed by atoms with Crippen LogP contribution < -0.4 is 10.8 Å². The molecule has 0 aromatic heterocycles. The Bertz CT molecular complexity index is 1100. The highest BCUT2D eigenvalue weighted by Crippen LogP contribution is 2.41. The number of hydrogen-bond donors (Lipinski definition) is 1. The van der Waals surface area contributed by atoms with Crippen molar-refractivity contribution in [1.29, 1.82) is 5.26 Å². The zero-order valence-electron chi connectivity index (χ0n) is 16.9. The van der Waals surface area contributed by atoms with Crippen molar-refractivity contribution in [1.82, 2.24) is 5.32 Å². The summed E-state index contributed by atoms with van der Waals surface area (Å²) in [4.78, 5) is 12.6. The van der Waals surface area contributed by atoms with Gasteiger partial charge in [-0.3, -0.25) is 4.79 Å². The van der Waals surface area contributed by atoms with Crippen LogP contribution in [0.1, 0.15) is 40.2 Å². The Morgan fingerprint density at radius 1 is 1.22 bits per heavy atom. The molecule has 1 aliphatic carbocycles. The first kappa shape index (κ1) is 24.5. The third-order valence-electron chi connectivity index (χ3n) is 5.27. The van der Waals surface area contributed by atoms with E-state index in [0.29, 0.717) is 36.7 Å². The third-order valence-corrected chi connectivity index (χ3v) is 6.47. The van der Waals surface area contributed by atoms with E-state index in [9.17, 15) is 18.0 Å². The van der Waals surface area contributed by atoms with Gasteiger partial charge < -0.3 is 5.32 Å². The van der Waals surface area contributed by atoms with E-state index in [-0.39, 0.29) is 26.5 Å². The summed E-state index contributed by atoms with van der Waals surface area (Å²) in [5, 5.41) is 11.8. The molecule has 1 amide bonds. The van der Waals surface area contributed by atoms with E-state index in [4.69, 9.17) is 40.1 Å². The first-order valence-electron chi connectivity index (χ1n) is 9.75. The highest BCUT2D eigenvalue weighted by atomic mass is 35.5. The van der Waals surface area contributed by atoms with Crippen molar-refractivity contribution in [3.05, 3.63) is 68.2 Å². The number of amides is 1. The SMILES string of the molecule is CBc1cc(/C=C/C(c2cc(Cl)c(Cl)c(Cl)c2)C(F)(F)F)ccc1C(=O)NC1(C#N)CC1. The smallest absolute Gasteiger partial charge is 0.334 e. The summed E-state index contributed by atoms with van der Waals surface area (Å²) in [6.45, 7) is 1.84. The molecule has 2 aromatic rings. The van der Waals surface area contributed by atoms with Gasteiger partial charge in [0.1, 0.15) is 5.54 Å². The van der Waals surface area contributed by atoms with Crippen molar-refractivity contribution in [3.63, 3.8) is 0 Å². The van der Waals surface area contributed by atoms with Crippen LogP contribution in [0, 0.1) is 11.3 Å². The molecule has 166 valence electrons. The molecule has 1 N–H and O–H groups in total. The van der Waals surface area contributed by atoms with E-state index in [0.717, 1.165) is 18.2 Å². The highest BCUT2D eigenvalue weighted by Gasteiger charge is 2.45. The van der Waals surface area contributed by atoms with Crippen LogP contribution in [0.3, 0.4) is 0 Å². The molecule has 10 heteroatoms. The molecule has 32 heavy (non-hydrogen) atoms. The van der Waals surface area contributed by atoms with Gasteiger partial charge in [0.05, 0.1) is 27.1 Å². The Labute approximate surface area is 199 Å². The van der Waals surface area contributed by atoms with Gasteiger partial charge in [-0.2, -0.15) is 18.4 Å². The lowest BCUT2D eigenvalue weighted by molar-refractivity contribution is -0.139. The summed E-state index contributed by atoms with van der Waals surface area (Å²) in [5.41, 5.74) is 0.627. The van der Waals surface area contributed by atoms with Gasteiger partial charge in [0.2, 0.25) is 0 Å². The molecule has 3 nitrogen and oxygen atoms in total. The first-order chi connectivity index (χ1) is 15.0. The highest BCUT2D eigenvalue weighted by molar-refractivity contribution is 6.54. The number of carbonyl (C=O) groups is 1. The molecule has 1 saturated carbocycles. The number of nitrogens with one attached hydrogen (secondary N) is 1. The molecule has 0 heterocycles. The van der Waals surface area contributed by atoms with Crippen molar-refractivity contribution < 1.29 is 18.0 Å². The Hall–Kier alpha value is -2.14. The Kier molecular flexibility index (Phi) is 7.19. The minimum atomic E-state index is -4.58. The molecule has 0 spiro atoms. The van der Waals surface area contributed by atoms with Crippen LogP contribution in [0.4, 0.5) is 13.2 Å². The van der Waals surface area contributed by atoms with E-state index >= 15 is 0 Å². The van der Waals surface area contributed by atoms with Gasteiger partial charge in [-0.15, -0.1) is 0 Å². The number of rotatable bonds is 6. The largest absolute Gasteiger partial charge is 0.399 e. The van der Waals surface area contributed by atoms with Crippen molar-refractivity contribution in [2.75, 3.05) is 0 Å². The molecule has 1 fully saturated rings. The standard InChI is InChI=1S/C22H17BCl3F3N2O/c1-23-16-8-12(2-4-14(16)20(32)31-21(11-30)6-7-21)3-5-15(22(27,28)29)13-9-17(24)19(26)18(25)10-13/h2-5,8-10,15,23H,6-7H2,1H3,(H,31,32)/b5-3+.